The number of carbonyl (C=O) groups is 2. The molecule has 1 amide bonds. The number of hydrogen-bond acceptors (Lipinski definition) is 6. The molecular weight excluding hydrogens is 330 g/mol. The minimum Gasteiger partial charge on any atom is -0.493 e. The molecule has 1 heterocycles. The number of benzene rings is 1. The molecule has 8 heteroatoms. The van der Waals surface area contributed by atoms with Crippen LogP contribution in [0.25, 0.3) is 0 Å². The molecule has 0 saturated carbocycles. The predicted octanol–water partition coefficient (Wildman–Crippen LogP) is 1.47. The largest absolute Gasteiger partial charge is 0.493 e. The monoisotopic (exact) mass is 353 g/mol. The van der Waals surface area contributed by atoms with Crippen molar-refractivity contribution in [2.24, 2.45) is 0 Å². The standard InChI is InChI=1S/C17H23NO7/c1-22-12-8-11(9-13(23-2)15(12)24-3)16(21)18-17(10-14(19)20)4-6-25-7-5-17/h8-9H,4-7,10H2,1-3H3,(H,18,21)(H,19,20). The average molecular weight is 353 g/mol. The van der Waals surface area contributed by atoms with Gasteiger partial charge in [0.2, 0.25) is 5.75 Å². The minimum atomic E-state index is -0.966. The van der Waals surface area contributed by atoms with Crippen LogP contribution in [0.4, 0.5) is 0 Å². The third-order valence-corrected chi connectivity index (χ3v) is 4.25. The van der Waals surface area contributed by atoms with Crippen molar-refractivity contribution in [1.82, 2.24) is 5.32 Å². The van der Waals surface area contributed by atoms with Crippen molar-refractivity contribution >= 4 is 11.9 Å². The Morgan fingerprint density at radius 3 is 2.12 bits per heavy atom. The summed E-state index contributed by atoms with van der Waals surface area (Å²) >= 11 is 0. The van der Waals surface area contributed by atoms with Gasteiger partial charge in [-0.25, -0.2) is 0 Å². The molecule has 8 nitrogen and oxygen atoms in total. The Balaban J connectivity index is 2.30. The van der Waals surface area contributed by atoms with E-state index in [0.717, 1.165) is 0 Å². The zero-order chi connectivity index (χ0) is 18.4. The molecule has 1 fully saturated rings. The first-order valence-electron chi connectivity index (χ1n) is 7.87. The summed E-state index contributed by atoms with van der Waals surface area (Å²) in [4.78, 5) is 24.0. The first-order chi connectivity index (χ1) is 11.9. The smallest absolute Gasteiger partial charge is 0.305 e. The van der Waals surface area contributed by atoms with Crippen LogP contribution in [0.1, 0.15) is 29.6 Å². The third kappa shape index (κ3) is 4.33. The molecule has 0 spiro atoms. The highest BCUT2D eigenvalue weighted by atomic mass is 16.5. The van der Waals surface area contributed by atoms with Gasteiger partial charge in [0.1, 0.15) is 0 Å². The fraction of sp³-hybridized carbons (Fsp3) is 0.529. The zero-order valence-electron chi connectivity index (χ0n) is 14.6. The van der Waals surface area contributed by atoms with Crippen LogP contribution >= 0.6 is 0 Å². The summed E-state index contributed by atoms with van der Waals surface area (Å²) < 4.78 is 21.0. The summed E-state index contributed by atoms with van der Waals surface area (Å²) in [6.07, 6.45) is 0.720. The van der Waals surface area contributed by atoms with Gasteiger partial charge in [0.05, 0.1) is 33.3 Å². The van der Waals surface area contributed by atoms with Gasteiger partial charge in [0, 0.05) is 18.8 Å². The van der Waals surface area contributed by atoms with Crippen molar-refractivity contribution in [2.75, 3.05) is 34.5 Å². The number of methoxy groups -OCH3 is 3. The molecule has 1 saturated heterocycles. The average Bonchev–Trinajstić information content (AvgIpc) is 2.60. The van der Waals surface area contributed by atoms with E-state index in [1.165, 1.54) is 33.5 Å². The molecule has 2 rings (SSSR count). The highest BCUT2D eigenvalue weighted by Gasteiger charge is 2.37. The van der Waals surface area contributed by atoms with Crippen molar-refractivity contribution in [3.8, 4) is 17.2 Å². The Kier molecular flexibility index (Phi) is 6.08. The molecule has 0 aromatic heterocycles. The molecule has 0 aliphatic carbocycles. The molecule has 1 aliphatic rings. The predicted molar refractivity (Wildman–Crippen MR) is 88.6 cm³/mol. The van der Waals surface area contributed by atoms with Crippen molar-refractivity contribution in [2.45, 2.75) is 24.8 Å². The lowest BCUT2D eigenvalue weighted by atomic mass is 9.86. The topological polar surface area (TPSA) is 103 Å². The van der Waals surface area contributed by atoms with E-state index in [9.17, 15) is 14.7 Å². The zero-order valence-corrected chi connectivity index (χ0v) is 14.6. The van der Waals surface area contributed by atoms with E-state index < -0.39 is 17.4 Å². The summed E-state index contributed by atoms with van der Waals surface area (Å²) in [5.41, 5.74) is -0.535. The van der Waals surface area contributed by atoms with E-state index in [4.69, 9.17) is 18.9 Å². The van der Waals surface area contributed by atoms with Crippen LogP contribution in [0.5, 0.6) is 17.2 Å². The molecule has 138 valence electrons. The van der Waals surface area contributed by atoms with E-state index in [1.807, 2.05) is 0 Å². The fourth-order valence-corrected chi connectivity index (χ4v) is 2.92. The maximum atomic E-state index is 12.7. The summed E-state index contributed by atoms with van der Waals surface area (Å²) in [6.45, 7) is 0.811. The van der Waals surface area contributed by atoms with E-state index in [1.54, 1.807) is 0 Å². The fourth-order valence-electron chi connectivity index (χ4n) is 2.92. The quantitative estimate of drug-likeness (QED) is 0.765. The number of nitrogens with one attached hydrogen (secondary N) is 1. The van der Waals surface area contributed by atoms with Crippen LogP contribution in [-0.4, -0.2) is 57.1 Å². The highest BCUT2D eigenvalue weighted by Crippen LogP contribution is 2.38. The van der Waals surface area contributed by atoms with Crippen LogP contribution in [0.3, 0.4) is 0 Å². The van der Waals surface area contributed by atoms with Crippen LogP contribution in [0.15, 0.2) is 12.1 Å². The molecule has 1 aliphatic heterocycles. The number of rotatable bonds is 7. The van der Waals surface area contributed by atoms with Crippen molar-refractivity contribution < 1.29 is 33.6 Å². The summed E-state index contributed by atoms with van der Waals surface area (Å²) in [6, 6.07) is 3.06. The normalized spacial score (nSPS) is 16.0. The van der Waals surface area contributed by atoms with E-state index in [2.05, 4.69) is 5.32 Å². The number of amides is 1. The van der Waals surface area contributed by atoms with Crippen molar-refractivity contribution in [1.29, 1.82) is 0 Å². The van der Waals surface area contributed by atoms with Crippen molar-refractivity contribution in [3.05, 3.63) is 17.7 Å². The van der Waals surface area contributed by atoms with Gasteiger partial charge in [-0.2, -0.15) is 0 Å². The van der Waals surface area contributed by atoms with Gasteiger partial charge >= 0.3 is 5.97 Å². The van der Waals surface area contributed by atoms with E-state index in [0.29, 0.717) is 48.9 Å². The van der Waals surface area contributed by atoms with Crippen LogP contribution in [-0.2, 0) is 9.53 Å². The minimum absolute atomic E-state index is 0.160. The second-order valence-corrected chi connectivity index (χ2v) is 5.83. The van der Waals surface area contributed by atoms with Gasteiger partial charge in [-0.1, -0.05) is 0 Å². The number of carboxylic acids is 1. The lowest BCUT2D eigenvalue weighted by Gasteiger charge is -2.36. The number of aliphatic carboxylic acids is 1. The summed E-state index contributed by atoms with van der Waals surface area (Å²) in [5, 5.41) is 12.1. The van der Waals surface area contributed by atoms with Gasteiger partial charge in [-0.3, -0.25) is 9.59 Å². The maximum absolute atomic E-state index is 12.7. The molecule has 2 N–H and O–H groups in total. The third-order valence-electron chi connectivity index (χ3n) is 4.25. The second-order valence-electron chi connectivity index (χ2n) is 5.83. The first kappa shape index (κ1) is 18.9. The van der Waals surface area contributed by atoms with Gasteiger partial charge in [-0.05, 0) is 25.0 Å². The lowest BCUT2D eigenvalue weighted by molar-refractivity contribution is -0.139. The lowest BCUT2D eigenvalue weighted by Crippen LogP contribution is -2.53. The number of ether oxygens (including phenoxy) is 4. The SMILES string of the molecule is COc1cc(C(=O)NC2(CC(=O)O)CCOCC2)cc(OC)c1OC. The van der Waals surface area contributed by atoms with Gasteiger partial charge in [0.15, 0.2) is 11.5 Å². The second kappa shape index (κ2) is 8.06. The molecule has 1 aromatic carbocycles. The Bertz CT molecular complexity index is 613. The molecule has 0 bridgehead atoms. The van der Waals surface area contributed by atoms with Crippen molar-refractivity contribution in [3.63, 3.8) is 0 Å². The van der Waals surface area contributed by atoms with Gasteiger partial charge in [0.25, 0.3) is 5.91 Å². The Morgan fingerprint density at radius 2 is 1.68 bits per heavy atom. The van der Waals surface area contributed by atoms with E-state index >= 15 is 0 Å². The number of hydrogen-bond donors (Lipinski definition) is 2. The Hall–Kier alpha value is -2.48. The van der Waals surface area contributed by atoms with Gasteiger partial charge < -0.3 is 29.4 Å². The molecular formula is C17H23NO7. The molecule has 0 unspecified atom stereocenters. The van der Waals surface area contributed by atoms with Crippen LogP contribution < -0.4 is 19.5 Å². The molecule has 1 aromatic rings. The van der Waals surface area contributed by atoms with E-state index in [-0.39, 0.29) is 6.42 Å². The van der Waals surface area contributed by atoms with Gasteiger partial charge in [-0.15, -0.1) is 0 Å². The molecule has 25 heavy (non-hydrogen) atoms. The Morgan fingerprint density at radius 1 is 1.12 bits per heavy atom. The number of carboxylic acid groups (broad SMARTS) is 1. The Labute approximate surface area is 146 Å². The van der Waals surface area contributed by atoms with Crippen LogP contribution in [0.2, 0.25) is 0 Å². The van der Waals surface area contributed by atoms with Crippen LogP contribution in [0, 0.1) is 0 Å². The first-order valence-corrected chi connectivity index (χ1v) is 7.87. The molecule has 0 atom stereocenters. The summed E-state index contributed by atoms with van der Waals surface area (Å²) in [7, 11) is 4.40. The maximum Gasteiger partial charge on any atom is 0.305 e. The molecule has 0 radical (unpaired) electrons. The highest BCUT2D eigenvalue weighted by molar-refractivity contribution is 5.96. The number of carbonyl (C=O) groups excluding carboxylic acids is 1. The summed E-state index contributed by atoms with van der Waals surface area (Å²) in [5.74, 6) is -0.278.